The Kier molecular flexibility index (Phi) is 7.56. The smallest absolute Gasteiger partial charge is 0.0540 e. The lowest BCUT2D eigenvalue weighted by Crippen LogP contribution is -2.17. The Hall–Kier alpha value is -6.70. The van der Waals surface area contributed by atoms with Crippen LogP contribution in [-0.4, -0.2) is 0 Å². The van der Waals surface area contributed by atoms with Crippen molar-refractivity contribution in [2.45, 2.75) is 19.3 Å². The van der Waals surface area contributed by atoms with Crippen LogP contribution in [0.3, 0.4) is 0 Å². The lowest BCUT2D eigenvalue weighted by Gasteiger charge is -2.30. The molecular weight excluding hydrogens is 651 g/mol. The lowest BCUT2D eigenvalue weighted by molar-refractivity contribution is 0.660. The first-order chi connectivity index (χ1) is 26.5. The van der Waals surface area contributed by atoms with Gasteiger partial charge in [0.2, 0.25) is 0 Å². The van der Waals surface area contributed by atoms with E-state index in [4.69, 9.17) is 0 Å². The first-order valence-corrected chi connectivity index (χ1v) is 18.8. The van der Waals surface area contributed by atoms with Gasteiger partial charge in [0.05, 0.1) is 5.69 Å². The maximum atomic E-state index is 2.48. The summed E-state index contributed by atoms with van der Waals surface area (Å²) in [5.74, 6) is 0. The zero-order chi connectivity index (χ0) is 36.2. The van der Waals surface area contributed by atoms with Gasteiger partial charge >= 0.3 is 0 Å². The molecule has 0 saturated carbocycles. The molecule has 9 aromatic carbocycles. The van der Waals surface area contributed by atoms with E-state index in [0.717, 1.165) is 17.1 Å². The van der Waals surface area contributed by atoms with Crippen LogP contribution in [0.5, 0.6) is 0 Å². The number of anilines is 3. The Bertz CT molecular complexity index is 2850. The quantitative estimate of drug-likeness (QED) is 0.157. The molecule has 0 aliphatic heterocycles. The van der Waals surface area contributed by atoms with Crippen LogP contribution < -0.4 is 4.90 Å². The third kappa shape index (κ3) is 5.24. The van der Waals surface area contributed by atoms with Crippen LogP contribution in [0, 0.1) is 0 Å². The maximum absolute atomic E-state index is 2.48. The van der Waals surface area contributed by atoms with E-state index in [9.17, 15) is 0 Å². The molecule has 1 heteroatoms. The molecular formula is C53H39N. The number of benzene rings is 9. The van der Waals surface area contributed by atoms with Gasteiger partial charge in [-0.1, -0.05) is 172 Å². The molecule has 0 bridgehead atoms. The van der Waals surface area contributed by atoms with Crippen molar-refractivity contribution in [3.8, 4) is 44.5 Å². The third-order valence-corrected chi connectivity index (χ3v) is 11.4. The second-order valence-corrected chi connectivity index (χ2v) is 14.9. The molecule has 0 unspecified atom stereocenters. The van der Waals surface area contributed by atoms with Crippen LogP contribution in [0.4, 0.5) is 17.1 Å². The summed E-state index contributed by atoms with van der Waals surface area (Å²) in [6.07, 6.45) is 0. The van der Waals surface area contributed by atoms with E-state index >= 15 is 0 Å². The summed E-state index contributed by atoms with van der Waals surface area (Å²) in [7, 11) is 0. The lowest BCUT2D eigenvalue weighted by atomic mass is 9.82. The molecule has 0 amide bonds. The van der Waals surface area contributed by atoms with Crippen molar-refractivity contribution >= 4 is 38.6 Å². The minimum absolute atomic E-state index is 0.126. The summed E-state index contributed by atoms with van der Waals surface area (Å²) < 4.78 is 0. The van der Waals surface area contributed by atoms with Crippen molar-refractivity contribution in [3.63, 3.8) is 0 Å². The molecule has 0 atom stereocenters. The van der Waals surface area contributed by atoms with Gasteiger partial charge in [0.1, 0.15) is 0 Å². The molecule has 0 heterocycles. The number of nitrogens with zero attached hydrogens (tertiary/aromatic N) is 1. The molecule has 9 aromatic rings. The molecule has 0 spiro atoms. The summed E-state index contributed by atoms with van der Waals surface area (Å²) in [6.45, 7) is 4.72. The predicted octanol–water partition coefficient (Wildman–Crippen LogP) is 14.8. The van der Waals surface area contributed by atoms with Crippen LogP contribution in [0.15, 0.2) is 200 Å². The zero-order valence-electron chi connectivity index (χ0n) is 30.5. The highest BCUT2D eigenvalue weighted by Crippen LogP contribution is 2.52. The Morgan fingerprint density at radius 3 is 1.78 bits per heavy atom. The van der Waals surface area contributed by atoms with Crippen LogP contribution in [0.2, 0.25) is 0 Å². The van der Waals surface area contributed by atoms with E-state index < -0.39 is 0 Å². The van der Waals surface area contributed by atoms with Gasteiger partial charge in [0.15, 0.2) is 0 Å². The third-order valence-electron chi connectivity index (χ3n) is 11.4. The van der Waals surface area contributed by atoms with Gasteiger partial charge in [-0.3, -0.25) is 0 Å². The van der Waals surface area contributed by atoms with Gasteiger partial charge in [0, 0.05) is 22.4 Å². The molecule has 1 aliphatic rings. The zero-order valence-corrected chi connectivity index (χ0v) is 30.5. The number of fused-ring (bicyclic) bond motifs is 6. The Balaban J connectivity index is 1.22. The van der Waals surface area contributed by atoms with Crippen LogP contribution in [0.25, 0.3) is 66.1 Å². The van der Waals surface area contributed by atoms with Crippen LogP contribution >= 0.6 is 0 Å². The van der Waals surface area contributed by atoms with E-state index in [-0.39, 0.29) is 5.41 Å². The largest absolute Gasteiger partial charge is 0.310 e. The van der Waals surface area contributed by atoms with Crippen molar-refractivity contribution in [2.24, 2.45) is 0 Å². The average Bonchev–Trinajstić information content (AvgIpc) is 3.47. The number of rotatable bonds is 6. The molecule has 54 heavy (non-hydrogen) atoms. The first kappa shape index (κ1) is 32.0. The van der Waals surface area contributed by atoms with Crippen LogP contribution in [0.1, 0.15) is 25.0 Å². The summed E-state index contributed by atoms with van der Waals surface area (Å²) >= 11 is 0. The second kappa shape index (κ2) is 12.8. The van der Waals surface area contributed by atoms with E-state index in [0.29, 0.717) is 0 Å². The van der Waals surface area contributed by atoms with Crippen LogP contribution in [-0.2, 0) is 5.41 Å². The fraction of sp³-hybridized carbons (Fsp3) is 0.0566. The van der Waals surface area contributed by atoms with E-state index in [2.05, 4.69) is 219 Å². The monoisotopic (exact) mass is 689 g/mol. The normalized spacial score (nSPS) is 12.8. The predicted molar refractivity (Wildman–Crippen MR) is 230 cm³/mol. The van der Waals surface area contributed by atoms with Crippen molar-refractivity contribution in [3.05, 3.63) is 211 Å². The fourth-order valence-corrected chi connectivity index (χ4v) is 8.75. The Morgan fingerprint density at radius 1 is 0.333 bits per heavy atom. The molecule has 0 N–H and O–H groups in total. The van der Waals surface area contributed by atoms with Crippen molar-refractivity contribution in [2.75, 3.05) is 4.90 Å². The number of hydrogen-bond donors (Lipinski definition) is 0. The van der Waals surface area contributed by atoms with Gasteiger partial charge in [-0.05, 0) is 114 Å². The highest BCUT2D eigenvalue weighted by Gasteiger charge is 2.36. The minimum atomic E-state index is -0.126. The summed E-state index contributed by atoms with van der Waals surface area (Å²) in [5, 5.41) is 5.06. The van der Waals surface area contributed by atoms with Crippen molar-refractivity contribution in [1.29, 1.82) is 0 Å². The highest BCUT2D eigenvalue weighted by molar-refractivity contribution is 6.14. The molecule has 10 rings (SSSR count). The molecule has 0 fully saturated rings. The van der Waals surface area contributed by atoms with Gasteiger partial charge in [-0.25, -0.2) is 0 Å². The second-order valence-electron chi connectivity index (χ2n) is 14.9. The Labute approximate surface area is 317 Å². The van der Waals surface area contributed by atoms with Gasteiger partial charge in [-0.2, -0.15) is 0 Å². The molecule has 0 saturated heterocycles. The Morgan fingerprint density at radius 2 is 0.963 bits per heavy atom. The average molecular weight is 690 g/mol. The summed E-state index contributed by atoms with van der Waals surface area (Å²) in [5.41, 5.74) is 15.8. The molecule has 0 radical (unpaired) electrons. The molecule has 256 valence electrons. The van der Waals surface area contributed by atoms with Gasteiger partial charge in [-0.15, -0.1) is 0 Å². The first-order valence-electron chi connectivity index (χ1n) is 18.8. The van der Waals surface area contributed by atoms with E-state index in [1.807, 2.05) is 0 Å². The summed E-state index contributed by atoms with van der Waals surface area (Å²) in [4.78, 5) is 2.48. The standard InChI is InChI=1S/C53H39N/c1-53(2)50-27-14-13-26-46(50)47-30-29-42(35-51(47)53)54(52-31-28-38(36-16-5-3-6-17-36)33-49(52)37-18-7-4-8-19-37)41-22-15-21-39(32-41)48-34-40-20-9-10-23-43(40)44-24-11-12-25-45(44)48/h3-35H,1-2H3. The molecule has 0 aromatic heterocycles. The molecule has 1 aliphatic carbocycles. The SMILES string of the molecule is CC1(C)c2ccccc2-c2ccc(N(c3cccc(-c4cc5ccccc5c5ccccc45)c3)c3ccc(-c4ccccc4)cc3-c3ccccc3)cc21. The number of hydrogen-bond acceptors (Lipinski definition) is 1. The fourth-order valence-electron chi connectivity index (χ4n) is 8.75. The van der Waals surface area contributed by atoms with Crippen molar-refractivity contribution < 1.29 is 0 Å². The topological polar surface area (TPSA) is 3.24 Å². The van der Waals surface area contributed by atoms with Gasteiger partial charge in [0.25, 0.3) is 0 Å². The summed E-state index contributed by atoms with van der Waals surface area (Å²) in [6, 6.07) is 73.5. The van der Waals surface area contributed by atoms with Gasteiger partial charge < -0.3 is 4.90 Å². The minimum Gasteiger partial charge on any atom is -0.310 e. The molecule has 1 nitrogen and oxygen atoms in total. The maximum Gasteiger partial charge on any atom is 0.0540 e. The van der Waals surface area contributed by atoms with E-state index in [1.54, 1.807) is 0 Å². The highest BCUT2D eigenvalue weighted by atomic mass is 15.1. The van der Waals surface area contributed by atoms with E-state index in [1.165, 1.54) is 77.2 Å². The van der Waals surface area contributed by atoms with Crippen molar-refractivity contribution in [1.82, 2.24) is 0 Å².